The lowest BCUT2D eigenvalue weighted by Crippen LogP contribution is -2.26. The highest BCUT2D eigenvalue weighted by atomic mass is 35.5. The van der Waals surface area contributed by atoms with Gasteiger partial charge in [-0.05, 0) is 42.0 Å². The van der Waals surface area contributed by atoms with Crippen molar-refractivity contribution in [2.75, 3.05) is 30.7 Å². The average molecular weight is 499 g/mol. The minimum atomic E-state index is -3.48. The molecule has 176 valence electrons. The molecule has 1 heterocycles. The van der Waals surface area contributed by atoms with Crippen LogP contribution in [0.4, 0.5) is 5.69 Å². The van der Waals surface area contributed by atoms with E-state index in [2.05, 4.69) is 21.1 Å². The number of rotatable bonds is 9. The van der Waals surface area contributed by atoms with Crippen molar-refractivity contribution in [3.8, 4) is 11.8 Å². The zero-order valence-electron chi connectivity index (χ0n) is 18.3. The third kappa shape index (κ3) is 5.61. The Morgan fingerprint density at radius 2 is 1.85 bits per heavy atom. The van der Waals surface area contributed by atoms with Crippen molar-refractivity contribution in [1.82, 2.24) is 10.3 Å². The summed E-state index contributed by atoms with van der Waals surface area (Å²) in [6, 6.07) is 18.2. The average Bonchev–Trinajstić information content (AvgIpc) is 3.16. The summed E-state index contributed by atoms with van der Waals surface area (Å²) < 4.78 is 31.1. The molecule has 0 saturated heterocycles. The first-order valence-electron chi connectivity index (χ1n) is 10.5. The second-order valence-electron chi connectivity index (χ2n) is 7.89. The standard InChI is InChI=1S/C24H23ClN4O4S/c1-34(31,32)29-23-11-16(3-7-20(23)25)24(30)14-27-8-9-33-17-4-6-19-18-5-2-15(13-26)10-21(18)28-22(19)12-17/h2-7,10-12,24,27-30H,8-9,14H2,1H3/t24-/m1/s1. The first-order chi connectivity index (χ1) is 16.2. The number of benzene rings is 3. The molecule has 8 nitrogen and oxygen atoms in total. The van der Waals surface area contributed by atoms with Gasteiger partial charge in [-0.25, -0.2) is 8.42 Å². The van der Waals surface area contributed by atoms with Gasteiger partial charge in [0, 0.05) is 35.4 Å². The monoisotopic (exact) mass is 498 g/mol. The van der Waals surface area contributed by atoms with Crippen molar-refractivity contribution < 1.29 is 18.3 Å². The highest BCUT2D eigenvalue weighted by Crippen LogP contribution is 2.29. The van der Waals surface area contributed by atoms with E-state index in [1.54, 1.807) is 12.1 Å². The van der Waals surface area contributed by atoms with Crippen molar-refractivity contribution in [2.24, 2.45) is 0 Å². The normalized spacial score (nSPS) is 12.5. The molecule has 4 N–H and O–H groups in total. The van der Waals surface area contributed by atoms with Gasteiger partial charge in [-0.3, -0.25) is 4.72 Å². The molecule has 0 fully saturated rings. The molecule has 0 saturated carbocycles. The number of sulfonamides is 1. The largest absolute Gasteiger partial charge is 0.492 e. The molecule has 0 radical (unpaired) electrons. The number of halogens is 1. The smallest absolute Gasteiger partial charge is 0.229 e. The molecule has 0 unspecified atom stereocenters. The van der Waals surface area contributed by atoms with E-state index >= 15 is 0 Å². The fraction of sp³-hybridized carbons (Fsp3) is 0.208. The fourth-order valence-electron chi connectivity index (χ4n) is 3.67. The number of aliphatic hydroxyl groups is 1. The maximum Gasteiger partial charge on any atom is 0.229 e. The molecule has 0 aliphatic heterocycles. The van der Waals surface area contributed by atoms with Crippen molar-refractivity contribution in [3.05, 3.63) is 70.7 Å². The lowest BCUT2D eigenvalue weighted by molar-refractivity contribution is 0.172. The van der Waals surface area contributed by atoms with Gasteiger partial charge in [-0.1, -0.05) is 23.7 Å². The number of aromatic nitrogens is 1. The van der Waals surface area contributed by atoms with E-state index in [1.807, 2.05) is 30.3 Å². The van der Waals surface area contributed by atoms with Crippen molar-refractivity contribution in [3.63, 3.8) is 0 Å². The number of hydrogen-bond acceptors (Lipinski definition) is 6. The number of ether oxygens (including phenoxy) is 1. The topological polar surface area (TPSA) is 127 Å². The third-order valence-electron chi connectivity index (χ3n) is 5.26. The minimum Gasteiger partial charge on any atom is -0.492 e. The molecule has 0 aliphatic carbocycles. The molecule has 1 atom stereocenters. The molecular formula is C24H23ClN4O4S. The van der Waals surface area contributed by atoms with Crippen LogP contribution in [-0.4, -0.2) is 44.5 Å². The summed E-state index contributed by atoms with van der Waals surface area (Å²) in [5, 5.41) is 25.0. The van der Waals surface area contributed by atoms with Gasteiger partial charge < -0.3 is 20.1 Å². The number of H-pyrrole nitrogens is 1. The number of nitriles is 1. The second-order valence-corrected chi connectivity index (χ2v) is 10.0. The molecule has 4 rings (SSSR count). The van der Waals surface area contributed by atoms with Gasteiger partial charge in [0.05, 0.1) is 40.2 Å². The molecule has 3 aromatic carbocycles. The zero-order valence-corrected chi connectivity index (χ0v) is 19.9. The number of aromatic amines is 1. The van der Waals surface area contributed by atoms with Crippen LogP contribution in [0.25, 0.3) is 21.8 Å². The summed E-state index contributed by atoms with van der Waals surface area (Å²) in [6.45, 7) is 1.14. The highest BCUT2D eigenvalue weighted by molar-refractivity contribution is 7.92. The number of fused-ring (bicyclic) bond motifs is 3. The van der Waals surface area contributed by atoms with E-state index in [0.717, 1.165) is 28.1 Å². The number of hydrogen-bond donors (Lipinski definition) is 4. The summed E-state index contributed by atoms with van der Waals surface area (Å²) in [7, 11) is -3.48. The van der Waals surface area contributed by atoms with Gasteiger partial charge in [-0.15, -0.1) is 0 Å². The van der Waals surface area contributed by atoms with Gasteiger partial charge in [0.1, 0.15) is 12.4 Å². The van der Waals surface area contributed by atoms with Crippen LogP contribution in [0.15, 0.2) is 54.6 Å². The second kappa shape index (κ2) is 9.91. The summed E-state index contributed by atoms with van der Waals surface area (Å²) in [5.41, 5.74) is 3.18. The Kier molecular flexibility index (Phi) is 6.95. The number of nitrogens with zero attached hydrogens (tertiary/aromatic N) is 1. The van der Waals surface area contributed by atoms with E-state index in [9.17, 15) is 13.5 Å². The quantitative estimate of drug-likeness (QED) is 0.259. The van der Waals surface area contributed by atoms with Crippen LogP contribution < -0.4 is 14.8 Å². The molecule has 0 bridgehead atoms. The first kappa shape index (κ1) is 23.9. The fourth-order valence-corrected chi connectivity index (χ4v) is 4.46. The summed E-state index contributed by atoms with van der Waals surface area (Å²) in [5.74, 6) is 0.705. The first-order valence-corrected chi connectivity index (χ1v) is 12.7. The van der Waals surface area contributed by atoms with Gasteiger partial charge >= 0.3 is 0 Å². The van der Waals surface area contributed by atoms with Crippen LogP contribution >= 0.6 is 11.6 Å². The van der Waals surface area contributed by atoms with Gasteiger partial charge in [0.2, 0.25) is 10.0 Å². The lowest BCUT2D eigenvalue weighted by Gasteiger charge is -2.15. The Labute approximate surface area is 202 Å². The molecule has 1 aromatic heterocycles. The van der Waals surface area contributed by atoms with Gasteiger partial charge in [-0.2, -0.15) is 5.26 Å². The Balaban J connectivity index is 1.31. The van der Waals surface area contributed by atoms with Crippen molar-refractivity contribution in [1.29, 1.82) is 5.26 Å². The van der Waals surface area contributed by atoms with Crippen LogP contribution in [-0.2, 0) is 10.0 Å². The minimum absolute atomic E-state index is 0.222. The summed E-state index contributed by atoms with van der Waals surface area (Å²) in [6.07, 6.45) is 0.187. The molecule has 4 aromatic rings. The van der Waals surface area contributed by atoms with Crippen molar-refractivity contribution in [2.45, 2.75) is 6.10 Å². The number of anilines is 1. The Bertz CT molecular complexity index is 1490. The number of nitrogens with one attached hydrogen (secondary N) is 3. The van der Waals surface area contributed by atoms with Gasteiger partial charge in [0.15, 0.2) is 0 Å². The number of aliphatic hydroxyl groups excluding tert-OH is 1. The molecule has 10 heteroatoms. The van der Waals surface area contributed by atoms with E-state index in [0.29, 0.717) is 30.0 Å². The van der Waals surface area contributed by atoms with Crippen LogP contribution in [0.3, 0.4) is 0 Å². The molecule has 0 spiro atoms. The van der Waals surface area contributed by atoms with Crippen LogP contribution in [0, 0.1) is 11.3 Å². The zero-order chi connectivity index (χ0) is 24.3. The summed E-state index contributed by atoms with van der Waals surface area (Å²) in [4.78, 5) is 3.32. The lowest BCUT2D eigenvalue weighted by atomic mass is 10.1. The van der Waals surface area contributed by atoms with Gasteiger partial charge in [0.25, 0.3) is 0 Å². The van der Waals surface area contributed by atoms with Crippen LogP contribution in [0.2, 0.25) is 5.02 Å². The predicted molar refractivity (Wildman–Crippen MR) is 134 cm³/mol. The van der Waals surface area contributed by atoms with Crippen LogP contribution in [0.5, 0.6) is 5.75 Å². The SMILES string of the molecule is CS(=O)(=O)Nc1cc([C@H](O)CNCCOc2ccc3c(c2)[nH]c2cc(C#N)ccc23)ccc1Cl. The van der Waals surface area contributed by atoms with E-state index < -0.39 is 16.1 Å². The van der Waals surface area contributed by atoms with E-state index in [4.69, 9.17) is 21.6 Å². The van der Waals surface area contributed by atoms with Crippen molar-refractivity contribution >= 4 is 49.1 Å². The highest BCUT2D eigenvalue weighted by Gasteiger charge is 2.12. The van der Waals surface area contributed by atoms with E-state index in [-0.39, 0.29) is 17.3 Å². The van der Waals surface area contributed by atoms with E-state index in [1.165, 1.54) is 12.1 Å². The van der Waals surface area contributed by atoms with Crippen LogP contribution in [0.1, 0.15) is 17.2 Å². The maximum atomic E-state index is 11.5. The molecule has 34 heavy (non-hydrogen) atoms. The molecule has 0 amide bonds. The Morgan fingerprint density at radius 1 is 1.12 bits per heavy atom. The Hall–Kier alpha value is -3.29. The molecular weight excluding hydrogens is 476 g/mol. The summed E-state index contributed by atoms with van der Waals surface area (Å²) >= 11 is 6.03. The maximum absolute atomic E-state index is 11.5. The Morgan fingerprint density at radius 3 is 2.59 bits per heavy atom. The predicted octanol–water partition coefficient (Wildman–Crippen LogP) is 3.92. The third-order valence-corrected chi connectivity index (χ3v) is 6.18. The molecule has 0 aliphatic rings.